The molecule has 0 aliphatic carbocycles. The summed E-state index contributed by atoms with van der Waals surface area (Å²) in [5.74, 6) is -0.197. The Balaban J connectivity index is 1.58. The first-order chi connectivity index (χ1) is 12.9. The van der Waals surface area contributed by atoms with E-state index in [1.807, 2.05) is 18.2 Å². The SMILES string of the molecule is O=C(Nc1ccc(C(F)(F)F)cc1)c1cnc(NCc2ccccn2)nc1. The summed E-state index contributed by atoms with van der Waals surface area (Å²) in [5.41, 5.74) is 0.445. The van der Waals surface area contributed by atoms with Crippen LogP contribution < -0.4 is 10.6 Å². The van der Waals surface area contributed by atoms with Gasteiger partial charge < -0.3 is 10.6 Å². The molecule has 0 bridgehead atoms. The van der Waals surface area contributed by atoms with Crippen molar-refractivity contribution in [2.24, 2.45) is 0 Å². The predicted octanol–water partition coefficient (Wildman–Crippen LogP) is 3.75. The van der Waals surface area contributed by atoms with Crippen molar-refractivity contribution >= 4 is 17.5 Å². The molecule has 0 aliphatic heterocycles. The highest BCUT2D eigenvalue weighted by Crippen LogP contribution is 2.29. The number of carbonyl (C=O) groups excluding carboxylic acids is 1. The molecule has 2 aromatic heterocycles. The van der Waals surface area contributed by atoms with Gasteiger partial charge in [-0.05, 0) is 36.4 Å². The molecule has 2 N–H and O–H groups in total. The largest absolute Gasteiger partial charge is 0.416 e. The van der Waals surface area contributed by atoms with Gasteiger partial charge in [-0.25, -0.2) is 9.97 Å². The first-order valence-electron chi connectivity index (χ1n) is 7.86. The number of amides is 1. The van der Waals surface area contributed by atoms with Crippen molar-refractivity contribution < 1.29 is 18.0 Å². The molecular weight excluding hydrogens is 359 g/mol. The quantitative estimate of drug-likeness (QED) is 0.712. The minimum absolute atomic E-state index is 0.179. The van der Waals surface area contributed by atoms with Crippen molar-refractivity contribution in [3.63, 3.8) is 0 Å². The molecule has 1 amide bonds. The zero-order chi connectivity index (χ0) is 19.3. The summed E-state index contributed by atoms with van der Waals surface area (Å²) in [7, 11) is 0. The van der Waals surface area contributed by atoms with E-state index in [0.717, 1.165) is 17.8 Å². The number of rotatable bonds is 5. The third-order valence-electron chi connectivity index (χ3n) is 3.54. The number of hydrogen-bond acceptors (Lipinski definition) is 5. The molecular formula is C18H14F3N5O. The van der Waals surface area contributed by atoms with Gasteiger partial charge >= 0.3 is 6.18 Å². The normalized spacial score (nSPS) is 11.1. The molecule has 3 rings (SSSR count). The topological polar surface area (TPSA) is 79.8 Å². The number of anilines is 2. The summed E-state index contributed by atoms with van der Waals surface area (Å²) in [4.78, 5) is 24.4. The predicted molar refractivity (Wildman–Crippen MR) is 93.0 cm³/mol. The van der Waals surface area contributed by atoms with Crippen LogP contribution in [0.2, 0.25) is 0 Å². The van der Waals surface area contributed by atoms with Crippen LogP contribution >= 0.6 is 0 Å². The summed E-state index contributed by atoms with van der Waals surface area (Å²) in [5, 5.41) is 5.47. The van der Waals surface area contributed by atoms with Crippen molar-refractivity contribution in [2.45, 2.75) is 12.7 Å². The van der Waals surface area contributed by atoms with E-state index in [0.29, 0.717) is 12.5 Å². The Morgan fingerprint density at radius 2 is 1.67 bits per heavy atom. The van der Waals surface area contributed by atoms with Gasteiger partial charge in [-0.3, -0.25) is 9.78 Å². The van der Waals surface area contributed by atoms with Gasteiger partial charge in [-0.1, -0.05) is 6.07 Å². The molecule has 138 valence electrons. The Morgan fingerprint density at radius 1 is 0.963 bits per heavy atom. The first kappa shape index (κ1) is 18.3. The molecule has 27 heavy (non-hydrogen) atoms. The molecule has 6 nitrogen and oxygen atoms in total. The first-order valence-corrected chi connectivity index (χ1v) is 7.86. The summed E-state index contributed by atoms with van der Waals surface area (Å²) in [6.07, 6.45) is -0.0959. The Kier molecular flexibility index (Phi) is 5.30. The molecule has 2 heterocycles. The van der Waals surface area contributed by atoms with E-state index in [9.17, 15) is 18.0 Å². The molecule has 0 saturated heterocycles. The smallest absolute Gasteiger partial charge is 0.349 e. The van der Waals surface area contributed by atoms with E-state index >= 15 is 0 Å². The van der Waals surface area contributed by atoms with Crippen molar-refractivity contribution in [1.82, 2.24) is 15.0 Å². The van der Waals surface area contributed by atoms with Gasteiger partial charge in [-0.15, -0.1) is 0 Å². The highest BCUT2D eigenvalue weighted by Gasteiger charge is 2.30. The fourth-order valence-electron chi connectivity index (χ4n) is 2.15. The van der Waals surface area contributed by atoms with Crippen LogP contribution in [0.3, 0.4) is 0 Å². The second-order valence-electron chi connectivity index (χ2n) is 5.50. The van der Waals surface area contributed by atoms with Crippen LogP contribution in [0.1, 0.15) is 21.6 Å². The highest BCUT2D eigenvalue weighted by molar-refractivity contribution is 6.03. The zero-order valence-electron chi connectivity index (χ0n) is 13.9. The second-order valence-corrected chi connectivity index (χ2v) is 5.50. The van der Waals surface area contributed by atoms with Crippen LogP contribution in [-0.2, 0) is 12.7 Å². The van der Waals surface area contributed by atoms with Gasteiger partial charge in [0, 0.05) is 24.3 Å². The van der Waals surface area contributed by atoms with Crippen LogP contribution in [0.25, 0.3) is 0 Å². The molecule has 0 fully saturated rings. The molecule has 0 saturated carbocycles. The van der Waals surface area contributed by atoms with Crippen molar-refractivity contribution in [3.05, 3.63) is 77.9 Å². The molecule has 0 radical (unpaired) electrons. The van der Waals surface area contributed by atoms with Crippen LogP contribution in [0, 0.1) is 0 Å². The Hall–Kier alpha value is -3.49. The average Bonchev–Trinajstić information content (AvgIpc) is 2.67. The van der Waals surface area contributed by atoms with Crippen LogP contribution in [0.4, 0.5) is 24.8 Å². The third-order valence-corrected chi connectivity index (χ3v) is 3.54. The molecule has 3 aromatic rings. The molecule has 0 unspecified atom stereocenters. The maximum atomic E-state index is 12.5. The van der Waals surface area contributed by atoms with Gasteiger partial charge in [0.05, 0.1) is 23.4 Å². The lowest BCUT2D eigenvalue weighted by Crippen LogP contribution is -2.14. The number of hydrogen-bond donors (Lipinski definition) is 2. The van der Waals surface area contributed by atoms with Crippen molar-refractivity contribution in [2.75, 3.05) is 10.6 Å². The highest BCUT2D eigenvalue weighted by atomic mass is 19.4. The van der Waals surface area contributed by atoms with Gasteiger partial charge in [-0.2, -0.15) is 13.2 Å². The van der Waals surface area contributed by atoms with E-state index in [4.69, 9.17) is 0 Å². The van der Waals surface area contributed by atoms with Crippen LogP contribution in [0.5, 0.6) is 0 Å². The van der Waals surface area contributed by atoms with Crippen LogP contribution in [0.15, 0.2) is 61.1 Å². The number of nitrogens with zero attached hydrogens (tertiary/aromatic N) is 3. The van der Waals surface area contributed by atoms with Gasteiger partial charge in [0.1, 0.15) is 0 Å². The number of pyridine rings is 1. The molecule has 9 heteroatoms. The van der Waals surface area contributed by atoms with E-state index < -0.39 is 17.6 Å². The van der Waals surface area contributed by atoms with Crippen molar-refractivity contribution in [1.29, 1.82) is 0 Å². The lowest BCUT2D eigenvalue weighted by Gasteiger charge is -2.09. The molecule has 0 atom stereocenters. The summed E-state index contributed by atoms with van der Waals surface area (Å²) >= 11 is 0. The van der Waals surface area contributed by atoms with Gasteiger partial charge in [0.25, 0.3) is 5.91 Å². The maximum Gasteiger partial charge on any atom is 0.416 e. The van der Waals surface area contributed by atoms with Gasteiger partial charge in [0.15, 0.2) is 0 Å². The maximum absolute atomic E-state index is 12.5. The molecule has 0 spiro atoms. The van der Waals surface area contributed by atoms with E-state index in [1.165, 1.54) is 24.5 Å². The van der Waals surface area contributed by atoms with Gasteiger partial charge in [0.2, 0.25) is 5.95 Å². The Morgan fingerprint density at radius 3 is 2.26 bits per heavy atom. The van der Waals surface area contributed by atoms with E-state index in [-0.39, 0.29) is 11.3 Å². The second kappa shape index (κ2) is 7.81. The van der Waals surface area contributed by atoms with Crippen molar-refractivity contribution in [3.8, 4) is 0 Å². The summed E-state index contributed by atoms with van der Waals surface area (Å²) < 4.78 is 37.6. The number of alkyl halides is 3. The number of nitrogens with one attached hydrogen (secondary N) is 2. The molecule has 0 aliphatic rings. The Bertz CT molecular complexity index is 897. The Labute approximate surface area is 152 Å². The number of benzene rings is 1. The number of halogens is 3. The number of aromatic nitrogens is 3. The zero-order valence-corrected chi connectivity index (χ0v) is 13.9. The van der Waals surface area contributed by atoms with Crippen LogP contribution in [-0.4, -0.2) is 20.9 Å². The third kappa shape index (κ3) is 5.00. The van der Waals surface area contributed by atoms with E-state index in [1.54, 1.807) is 6.20 Å². The minimum Gasteiger partial charge on any atom is -0.349 e. The van der Waals surface area contributed by atoms with E-state index in [2.05, 4.69) is 25.6 Å². The number of carbonyl (C=O) groups is 1. The summed E-state index contributed by atoms with van der Waals surface area (Å²) in [6.45, 7) is 0.429. The standard InChI is InChI=1S/C18H14F3N5O/c19-18(20,21)13-4-6-14(7-5-13)26-16(27)12-9-23-17(24-10-12)25-11-15-3-1-2-8-22-15/h1-10H,11H2,(H,26,27)(H,23,24,25). The fraction of sp³-hybridized carbons (Fsp3) is 0.111. The lowest BCUT2D eigenvalue weighted by atomic mass is 10.2. The minimum atomic E-state index is -4.42. The molecule has 1 aromatic carbocycles. The monoisotopic (exact) mass is 373 g/mol. The lowest BCUT2D eigenvalue weighted by molar-refractivity contribution is -0.137. The summed E-state index contributed by atoms with van der Waals surface area (Å²) in [6, 6.07) is 9.69. The average molecular weight is 373 g/mol. The fourth-order valence-corrected chi connectivity index (χ4v) is 2.15.